The van der Waals surface area contributed by atoms with E-state index in [4.69, 9.17) is 0 Å². The van der Waals surface area contributed by atoms with E-state index in [0.29, 0.717) is 11.6 Å². The highest BCUT2D eigenvalue weighted by molar-refractivity contribution is 6.00. The summed E-state index contributed by atoms with van der Waals surface area (Å²) in [6.07, 6.45) is 0.821. The number of aryl methyl sites for hydroxylation is 1. The van der Waals surface area contributed by atoms with Crippen LogP contribution in [0.1, 0.15) is 57.8 Å². The molecule has 2 aliphatic heterocycles. The number of benzene rings is 2. The molecular formula is C26H22F3N3O4. The largest absolute Gasteiger partial charge is 0.502 e. The smallest absolute Gasteiger partial charge is 0.278 e. The lowest BCUT2D eigenvalue weighted by Gasteiger charge is -2.50. The predicted octanol–water partition coefficient (Wildman–Crippen LogP) is 3.59. The molecule has 0 fully saturated rings. The lowest BCUT2D eigenvalue weighted by Crippen LogP contribution is -2.64. The van der Waals surface area contributed by atoms with Crippen molar-refractivity contribution in [3.05, 3.63) is 98.2 Å². The highest BCUT2D eigenvalue weighted by Gasteiger charge is 2.53. The van der Waals surface area contributed by atoms with Gasteiger partial charge in [0.25, 0.3) is 5.91 Å². The summed E-state index contributed by atoms with van der Waals surface area (Å²) in [5, 5.41) is 12.4. The molecule has 1 N–H and O–H groups in total. The van der Waals surface area contributed by atoms with Gasteiger partial charge in [-0.1, -0.05) is 12.1 Å². The molecule has 0 spiro atoms. The number of halogens is 3. The number of nitrogens with zero attached hydrogens (tertiary/aromatic N) is 3. The standard InChI is InChI=1S/C26H22F3N3O4/c1-3-30-25(36)22-24(35)23(34)18(21(33)9-6-14-4-7-17(28)11-20(14)29)13-31(22)32-12-15-5-8-16(27)10-19(15)26(30,32)2/h4-5,7-8,10-11,13,35H,3,6,9,12H2,1-2H3/t26-/m0/s1. The minimum absolute atomic E-state index is 0.0956. The van der Waals surface area contributed by atoms with Crippen molar-refractivity contribution in [1.82, 2.24) is 9.58 Å². The molecule has 2 aromatic carbocycles. The second-order valence-corrected chi connectivity index (χ2v) is 9.00. The zero-order valence-corrected chi connectivity index (χ0v) is 19.5. The summed E-state index contributed by atoms with van der Waals surface area (Å²) in [6, 6.07) is 7.27. The summed E-state index contributed by atoms with van der Waals surface area (Å²) in [4.78, 5) is 40.8. The van der Waals surface area contributed by atoms with Crippen LogP contribution >= 0.6 is 0 Å². The summed E-state index contributed by atoms with van der Waals surface area (Å²) in [7, 11) is 0. The van der Waals surface area contributed by atoms with Gasteiger partial charge in [-0.25, -0.2) is 13.2 Å². The summed E-state index contributed by atoms with van der Waals surface area (Å²) < 4.78 is 42.6. The Balaban J connectivity index is 1.59. The topological polar surface area (TPSA) is 82.9 Å². The normalized spacial score (nSPS) is 18.2. The molecule has 5 rings (SSSR count). The van der Waals surface area contributed by atoms with Gasteiger partial charge in [-0.05, 0) is 49.6 Å². The first-order valence-electron chi connectivity index (χ1n) is 11.4. The molecule has 0 unspecified atom stereocenters. The fraction of sp³-hybridized carbons (Fsp3) is 0.269. The molecule has 0 saturated heterocycles. The number of pyridine rings is 1. The SMILES string of the molecule is CCN1C(=O)c2c(O)c(=O)c(C(=O)CCc3ccc(F)cc3F)cn2N2Cc3ccc(F)cc3[C@@]12C. The van der Waals surface area contributed by atoms with Crippen LogP contribution in [0.15, 0.2) is 47.4 Å². The van der Waals surface area contributed by atoms with E-state index in [1.165, 1.54) is 34.0 Å². The van der Waals surface area contributed by atoms with E-state index in [1.54, 1.807) is 24.9 Å². The molecule has 186 valence electrons. The number of Topliss-reactive ketones (excluding diaryl/α,β-unsaturated/α-hetero) is 1. The molecular weight excluding hydrogens is 475 g/mol. The average Bonchev–Trinajstić information content (AvgIpc) is 3.12. The van der Waals surface area contributed by atoms with E-state index in [1.807, 2.05) is 0 Å². The molecule has 3 heterocycles. The first-order valence-corrected chi connectivity index (χ1v) is 11.4. The summed E-state index contributed by atoms with van der Waals surface area (Å²) in [6.45, 7) is 3.89. The molecule has 0 radical (unpaired) electrons. The molecule has 1 atom stereocenters. The minimum atomic E-state index is -1.14. The number of carbonyl (C=O) groups excluding carboxylic acids is 2. The number of rotatable bonds is 5. The maximum atomic E-state index is 14.2. The Bertz CT molecular complexity index is 1500. The Morgan fingerprint density at radius 3 is 2.47 bits per heavy atom. The van der Waals surface area contributed by atoms with E-state index in [2.05, 4.69) is 0 Å². The van der Waals surface area contributed by atoms with Gasteiger partial charge in [0.1, 0.15) is 17.5 Å². The van der Waals surface area contributed by atoms with Gasteiger partial charge in [-0.2, -0.15) is 0 Å². The number of hydrogen-bond acceptors (Lipinski definition) is 5. The Kier molecular flexibility index (Phi) is 5.42. The van der Waals surface area contributed by atoms with Gasteiger partial charge in [0, 0.05) is 30.8 Å². The van der Waals surface area contributed by atoms with Crippen LogP contribution in [0.3, 0.4) is 0 Å². The predicted molar refractivity (Wildman–Crippen MR) is 124 cm³/mol. The third-order valence-electron chi connectivity index (χ3n) is 7.06. The van der Waals surface area contributed by atoms with E-state index in [0.717, 1.165) is 11.6 Å². The van der Waals surface area contributed by atoms with E-state index >= 15 is 0 Å². The zero-order valence-electron chi connectivity index (χ0n) is 19.5. The van der Waals surface area contributed by atoms with E-state index in [-0.39, 0.29) is 42.8 Å². The summed E-state index contributed by atoms with van der Waals surface area (Å²) in [5.41, 5.74) is -1.42. The van der Waals surface area contributed by atoms with Crippen LogP contribution in [-0.4, -0.2) is 32.9 Å². The van der Waals surface area contributed by atoms with Gasteiger partial charge < -0.3 is 10.0 Å². The van der Waals surface area contributed by atoms with Gasteiger partial charge in [0.05, 0.1) is 12.1 Å². The van der Waals surface area contributed by atoms with Gasteiger partial charge in [0.2, 0.25) is 5.43 Å². The summed E-state index contributed by atoms with van der Waals surface area (Å²) in [5.74, 6) is -4.23. The molecule has 2 aliphatic rings. The van der Waals surface area contributed by atoms with Crippen molar-refractivity contribution in [3.8, 4) is 5.75 Å². The van der Waals surface area contributed by atoms with Crippen molar-refractivity contribution in [1.29, 1.82) is 0 Å². The molecule has 1 aromatic heterocycles. The Labute approximate surface area is 204 Å². The Morgan fingerprint density at radius 1 is 1.08 bits per heavy atom. The number of carbonyl (C=O) groups is 2. The number of amides is 1. The molecule has 36 heavy (non-hydrogen) atoms. The Morgan fingerprint density at radius 2 is 1.78 bits per heavy atom. The van der Waals surface area contributed by atoms with Crippen molar-refractivity contribution in [2.45, 2.75) is 38.9 Å². The minimum Gasteiger partial charge on any atom is -0.502 e. The maximum absolute atomic E-state index is 14.2. The van der Waals surface area contributed by atoms with E-state index < -0.39 is 46.0 Å². The number of aromatic hydroxyl groups is 1. The van der Waals surface area contributed by atoms with E-state index in [9.17, 15) is 32.7 Å². The second kappa shape index (κ2) is 8.25. The van der Waals surface area contributed by atoms with Crippen molar-refractivity contribution in [2.75, 3.05) is 11.6 Å². The third-order valence-corrected chi connectivity index (χ3v) is 7.06. The van der Waals surface area contributed by atoms with Crippen molar-refractivity contribution in [2.24, 2.45) is 0 Å². The number of hydrogen-bond donors (Lipinski definition) is 1. The summed E-state index contributed by atoms with van der Waals surface area (Å²) >= 11 is 0. The highest BCUT2D eigenvalue weighted by Crippen LogP contribution is 2.45. The fourth-order valence-corrected chi connectivity index (χ4v) is 5.21. The van der Waals surface area contributed by atoms with Crippen molar-refractivity contribution < 1.29 is 27.9 Å². The van der Waals surface area contributed by atoms with Gasteiger partial charge >= 0.3 is 0 Å². The van der Waals surface area contributed by atoms with Crippen molar-refractivity contribution in [3.63, 3.8) is 0 Å². The molecule has 7 nitrogen and oxygen atoms in total. The maximum Gasteiger partial charge on any atom is 0.278 e. The molecule has 0 saturated carbocycles. The molecule has 1 amide bonds. The van der Waals surface area contributed by atoms with Crippen molar-refractivity contribution >= 4 is 11.7 Å². The van der Waals surface area contributed by atoms with Crippen LogP contribution in [0.2, 0.25) is 0 Å². The van der Waals surface area contributed by atoms with Crippen LogP contribution in [-0.2, 0) is 18.6 Å². The molecule has 10 heteroatoms. The fourth-order valence-electron chi connectivity index (χ4n) is 5.21. The van der Waals surface area contributed by atoms with Crippen LogP contribution in [0.4, 0.5) is 13.2 Å². The van der Waals surface area contributed by atoms with Gasteiger partial charge in [-0.3, -0.25) is 24.1 Å². The average molecular weight is 497 g/mol. The molecule has 0 aliphatic carbocycles. The number of ketones is 1. The lowest BCUT2D eigenvalue weighted by atomic mass is 9.96. The van der Waals surface area contributed by atoms with Crippen LogP contribution in [0.5, 0.6) is 5.75 Å². The first-order chi connectivity index (χ1) is 17.1. The monoisotopic (exact) mass is 497 g/mol. The lowest BCUT2D eigenvalue weighted by molar-refractivity contribution is 0.0353. The highest BCUT2D eigenvalue weighted by atomic mass is 19.1. The van der Waals surface area contributed by atoms with Gasteiger partial charge in [-0.15, -0.1) is 0 Å². The molecule has 0 bridgehead atoms. The quantitative estimate of drug-likeness (QED) is 0.545. The number of aromatic nitrogens is 1. The number of fused-ring (bicyclic) bond motifs is 5. The van der Waals surface area contributed by atoms with Gasteiger partial charge in [0.15, 0.2) is 22.9 Å². The zero-order chi connectivity index (χ0) is 25.9. The first kappa shape index (κ1) is 23.7. The van der Waals surface area contributed by atoms with Crippen LogP contribution in [0.25, 0.3) is 0 Å². The third kappa shape index (κ3) is 3.31. The van der Waals surface area contributed by atoms with Crippen LogP contribution < -0.4 is 10.4 Å². The molecule has 3 aromatic rings. The Hall–Kier alpha value is -4.08. The second-order valence-electron chi connectivity index (χ2n) is 9.00. The van der Waals surface area contributed by atoms with Crippen LogP contribution in [0, 0.1) is 17.5 Å².